The van der Waals surface area contributed by atoms with Gasteiger partial charge in [0, 0.05) is 32.7 Å². The molecule has 0 bridgehead atoms. The SMILES string of the molecule is CCNC(=O)C1CCCN(C(=O)c2cc(S(=O)(=O)N(CC)CC)ccc2Cl)C1. The average Bonchev–Trinajstić information content (AvgIpc) is 2.68. The molecule has 1 aliphatic rings. The average molecular weight is 430 g/mol. The largest absolute Gasteiger partial charge is 0.356 e. The van der Waals surface area contributed by atoms with Crippen LogP contribution in [0.1, 0.15) is 44.0 Å². The molecule has 1 saturated heterocycles. The lowest BCUT2D eigenvalue weighted by Crippen LogP contribution is -2.45. The van der Waals surface area contributed by atoms with Crippen molar-refractivity contribution in [2.24, 2.45) is 5.92 Å². The van der Waals surface area contributed by atoms with Gasteiger partial charge >= 0.3 is 0 Å². The van der Waals surface area contributed by atoms with Crippen molar-refractivity contribution in [3.8, 4) is 0 Å². The molecule has 2 rings (SSSR count). The number of amides is 2. The van der Waals surface area contributed by atoms with Gasteiger partial charge < -0.3 is 10.2 Å². The number of rotatable bonds is 7. The molecule has 1 atom stereocenters. The second kappa shape index (κ2) is 9.71. The fourth-order valence-electron chi connectivity index (χ4n) is 3.41. The first-order valence-corrected chi connectivity index (χ1v) is 11.4. The molecule has 1 aromatic rings. The summed E-state index contributed by atoms with van der Waals surface area (Å²) in [7, 11) is -3.70. The first-order chi connectivity index (χ1) is 13.3. The highest BCUT2D eigenvalue weighted by molar-refractivity contribution is 7.89. The van der Waals surface area contributed by atoms with Crippen molar-refractivity contribution in [1.29, 1.82) is 0 Å². The molecule has 2 amide bonds. The van der Waals surface area contributed by atoms with Gasteiger partial charge in [-0.3, -0.25) is 9.59 Å². The van der Waals surface area contributed by atoms with E-state index in [4.69, 9.17) is 11.6 Å². The Hall–Kier alpha value is -1.64. The smallest absolute Gasteiger partial charge is 0.255 e. The monoisotopic (exact) mass is 429 g/mol. The summed E-state index contributed by atoms with van der Waals surface area (Å²) in [6.07, 6.45) is 1.43. The lowest BCUT2D eigenvalue weighted by molar-refractivity contribution is -0.126. The Kier molecular flexibility index (Phi) is 7.86. The Morgan fingerprint density at radius 3 is 2.54 bits per heavy atom. The summed E-state index contributed by atoms with van der Waals surface area (Å²) in [6, 6.07) is 4.20. The maximum Gasteiger partial charge on any atom is 0.255 e. The van der Waals surface area contributed by atoms with Crippen molar-refractivity contribution < 1.29 is 18.0 Å². The van der Waals surface area contributed by atoms with E-state index in [0.717, 1.165) is 6.42 Å². The highest BCUT2D eigenvalue weighted by Gasteiger charge is 2.30. The van der Waals surface area contributed by atoms with Crippen molar-refractivity contribution >= 4 is 33.4 Å². The summed E-state index contributed by atoms with van der Waals surface area (Å²) in [5.74, 6) is -0.682. The normalized spacial score (nSPS) is 17.6. The standard InChI is InChI=1S/C19H28ClN3O4S/c1-4-21-18(24)14-8-7-11-22(13-14)19(25)16-12-15(9-10-17(16)20)28(26,27)23(5-2)6-3/h9-10,12,14H,4-8,11,13H2,1-3H3,(H,21,24). The molecule has 156 valence electrons. The summed E-state index contributed by atoms with van der Waals surface area (Å²) in [6.45, 7) is 7.41. The third kappa shape index (κ3) is 4.85. The van der Waals surface area contributed by atoms with Gasteiger partial charge in [-0.25, -0.2) is 8.42 Å². The number of piperidine rings is 1. The molecule has 0 spiro atoms. The van der Waals surface area contributed by atoms with Crippen molar-refractivity contribution in [3.05, 3.63) is 28.8 Å². The van der Waals surface area contributed by atoms with Gasteiger partial charge in [-0.2, -0.15) is 4.31 Å². The lowest BCUT2D eigenvalue weighted by atomic mass is 9.96. The first-order valence-electron chi connectivity index (χ1n) is 9.62. The molecule has 1 fully saturated rings. The minimum atomic E-state index is -3.70. The van der Waals surface area contributed by atoms with Crippen LogP contribution in [0, 0.1) is 5.92 Å². The molecule has 1 unspecified atom stereocenters. The predicted molar refractivity (Wildman–Crippen MR) is 109 cm³/mol. The Balaban J connectivity index is 2.29. The first kappa shape index (κ1) is 22.6. The van der Waals surface area contributed by atoms with E-state index in [2.05, 4.69) is 5.32 Å². The van der Waals surface area contributed by atoms with Gasteiger partial charge in [0.2, 0.25) is 15.9 Å². The van der Waals surface area contributed by atoms with Crippen LogP contribution >= 0.6 is 11.6 Å². The van der Waals surface area contributed by atoms with Gasteiger partial charge in [0.15, 0.2) is 0 Å². The van der Waals surface area contributed by atoms with E-state index in [1.54, 1.807) is 18.7 Å². The quantitative estimate of drug-likeness (QED) is 0.720. The number of nitrogens with one attached hydrogen (secondary N) is 1. The zero-order chi connectivity index (χ0) is 20.9. The van der Waals surface area contributed by atoms with Crippen molar-refractivity contribution in [2.45, 2.75) is 38.5 Å². The number of hydrogen-bond acceptors (Lipinski definition) is 4. The van der Waals surface area contributed by atoms with E-state index in [1.807, 2.05) is 6.92 Å². The minimum absolute atomic E-state index is 0.0428. The molecule has 0 saturated carbocycles. The summed E-state index contributed by atoms with van der Waals surface area (Å²) < 4.78 is 26.9. The Morgan fingerprint density at radius 2 is 1.93 bits per heavy atom. The Labute approximate surface area is 172 Å². The third-order valence-electron chi connectivity index (χ3n) is 4.94. The van der Waals surface area contributed by atoms with Crippen LogP contribution in [-0.2, 0) is 14.8 Å². The number of nitrogens with zero attached hydrogens (tertiary/aromatic N) is 2. The number of sulfonamides is 1. The molecule has 0 aromatic heterocycles. The van der Waals surface area contributed by atoms with Crippen LogP contribution < -0.4 is 5.32 Å². The molecule has 28 heavy (non-hydrogen) atoms. The number of likely N-dealkylation sites (tertiary alicyclic amines) is 1. The number of halogens is 1. The van der Waals surface area contributed by atoms with Crippen molar-refractivity contribution in [3.63, 3.8) is 0 Å². The number of benzene rings is 1. The minimum Gasteiger partial charge on any atom is -0.356 e. The zero-order valence-electron chi connectivity index (χ0n) is 16.6. The van der Waals surface area contributed by atoms with Gasteiger partial charge in [0.05, 0.1) is 21.4 Å². The predicted octanol–water partition coefficient (Wildman–Crippen LogP) is 2.36. The second-order valence-corrected chi connectivity index (χ2v) is 9.06. The number of hydrogen-bond donors (Lipinski definition) is 1. The highest BCUT2D eigenvalue weighted by atomic mass is 35.5. The van der Waals surface area contributed by atoms with E-state index in [1.165, 1.54) is 22.5 Å². The van der Waals surface area contributed by atoms with Crippen molar-refractivity contribution in [1.82, 2.24) is 14.5 Å². The maximum atomic E-state index is 13.0. The summed E-state index contributed by atoms with van der Waals surface area (Å²) in [4.78, 5) is 26.8. The van der Waals surface area contributed by atoms with Crippen LogP contribution in [0.5, 0.6) is 0 Å². The molecule has 1 heterocycles. The molecule has 1 N–H and O–H groups in total. The second-order valence-electron chi connectivity index (χ2n) is 6.72. The van der Waals surface area contributed by atoms with Gasteiger partial charge in [-0.05, 0) is 38.0 Å². The fraction of sp³-hybridized carbons (Fsp3) is 0.579. The summed E-state index contributed by atoms with van der Waals surface area (Å²) >= 11 is 6.22. The van der Waals surface area contributed by atoms with Crippen LogP contribution in [0.2, 0.25) is 5.02 Å². The summed E-state index contributed by atoms with van der Waals surface area (Å²) in [5.41, 5.74) is 0.145. The Bertz CT molecular complexity index is 824. The van der Waals surface area contributed by atoms with Crippen LogP contribution in [0.4, 0.5) is 0 Å². The Morgan fingerprint density at radius 1 is 1.25 bits per heavy atom. The van der Waals surface area contributed by atoms with Gasteiger partial charge in [-0.15, -0.1) is 0 Å². The van der Waals surface area contributed by atoms with E-state index < -0.39 is 10.0 Å². The molecule has 1 aliphatic heterocycles. The van der Waals surface area contributed by atoms with Gasteiger partial charge in [0.25, 0.3) is 5.91 Å². The van der Waals surface area contributed by atoms with E-state index in [0.29, 0.717) is 39.1 Å². The zero-order valence-corrected chi connectivity index (χ0v) is 18.1. The molecule has 9 heteroatoms. The van der Waals surface area contributed by atoms with E-state index in [9.17, 15) is 18.0 Å². The van der Waals surface area contributed by atoms with Crippen LogP contribution in [0.15, 0.2) is 23.1 Å². The van der Waals surface area contributed by atoms with Crippen LogP contribution in [-0.4, -0.2) is 62.2 Å². The molecule has 0 radical (unpaired) electrons. The molecule has 0 aliphatic carbocycles. The third-order valence-corrected chi connectivity index (χ3v) is 7.32. The molecular formula is C19H28ClN3O4S. The van der Waals surface area contributed by atoms with Crippen molar-refractivity contribution in [2.75, 3.05) is 32.7 Å². The molecule has 7 nitrogen and oxygen atoms in total. The van der Waals surface area contributed by atoms with Gasteiger partial charge in [-0.1, -0.05) is 25.4 Å². The van der Waals surface area contributed by atoms with E-state index >= 15 is 0 Å². The fourth-order valence-corrected chi connectivity index (χ4v) is 5.09. The highest BCUT2D eigenvalue weighted by Crippen LogP contribution is 2.26. The summed E-state index contributed by atoms with van der Waals surface area (Å²) in [5, 5.41) is 2.99. The van der Waals surface area contributed by atoms with Crippen LogP contribution in [0.3, 0.4) is 0 Å². The van der Waals surface area contributed by atoms with E-state index in [-0.39, 0.29) is 33.2 Å². The molecular weight excluding hydrogens is 402 g/mol. The molecule has 1 aromatic carbocycles. The van der Waals surface area contributed by atoms with Crippen LogP contribution in [0.25, 0.3) is 0 Å². The lowest BCUT2D eigenvalue weighted by Gasteiger charge is -2.32. The topological polar surface area (TPSA) is 86.8 Å². The maximum absolute atomic E-state index is 13.0. The number of carbonyl (C=O) groups excluding carboxylic acids is 2. The van der Waals surface area contributed by atoms with Gasteiger partial charge in [0.1, 0.15) is 0 Å². The number of carbonyl (C=O) groups is 2.